The lowest BCUT2D eigenvalue weighted by Crippen LogP contribution is -2.58. The van der Waals surface area contributed by atoms with Crippen molar-refractivity contribution in [3.8, 4) is 0 Å². The summed E-state index contributed by atoms with van der Waals surface area (Å²) in [5, 5.41) is 2.94. The molecule has 4 rings (SSSR count). The molecule has 0 aromatic heterocycles. The highest BCUT2D eigenvalue weighted by atomic mass is 16.6. The molecule has 1 amide bonds. The van der Waals surface area contributed by atoms with E-state index in [1.165, 1.54) is 5.56 Å². The Hall–Kier alpha value is -3.44. The van der Waals surface area contributed by atoms with Gasteiger partial charge in [0, 0.05) is 11.5 Å². The summed E-state index contributed by atoms with van der Waals surface area (Å²) in [5.74, 6) is -0.200. The van der Waals surface area contributed by atoms with E-state index in [0.29, 0.717) is 18.1 Å². The number of carbonyl (C=O) groups is 2. The van der Waals surface area contributed by atoms with Crippen molar-refractivity contribution < 1.29 is 19.1 Å². The summed E-state index contributed by atoms with van der Waals surface area (Å²) in [6, 6.07) is 29.1. The van der Waals surface area contributed by atoms with E-state index < -0.39 is 11.5 Å². The summed E-state index contributed by atoms with van der Waals surface area (Å²) in [6.07, 6.45) is 2.59. The number of carbonyl (C=O) groups excluding carboxylic acids is 2. The third-order valence-electron chi connectivity index (χ3n) is 8.14. The van der Waals surface area contributed by atoms with E-state index in [4.69, 9.17) is 9.47 Å². The Labute approximate surface area is 232 Å². The predicted molar refractivity (Wildman–Crippen MR) is 154 cm³/mol. The maximum Gasteiger partial charge on any atom is 0.334 e. The van der Waals surface area contributed by atoms with Gasteiger partial charge in [0.25, 0.3) is 5.91 Å². The number of benzene rings is 3. The van der Waals surface area contributed by atoms with Crippen LogP contribution in [0, 0.1) is 11.8 Å². The van der Waals surface area contributed by atoms with E-state index >= 15 is 0 Å². The van der Waals surface area contributed by atoms with Crippen molar-refractivity contribution >= 4 is 11.9 Å². The molecular formula is C34H41NO4. The van der Waals surface area contributed by atoms with Crippen molar-refractivity contribution in [3.63, 3.8) is 0 Å². The molecule has 1 N–H and O–H groups in total. The van der Waals surface area contributed by atoms with Crippen LogP contribution in [0.4, 0.5) is 0 Å². The largest absolute Gasteiger partial charge is 0.460 e. The van der Waals surface area contributed by atoms with Crippen LogP contribution in [0.25, 0.3) is 0 Å². The van der Waals surface area contributed by atoms with Crippen molar-refractivity contribution in [1.82, 2.24) is 5.32 Å². The molecule has 1 aliphatic rings. The number of ether oxygens (including phenoxy) is 2. The first-order valence-corrected chi connectivity index (χ1v) is 13.9. The van der Waals surface area contributed by atoms with Crippen molar-refractivity contribution in [2.45, 2.75) is 70.6 Å². The number of hydrogen-bond acceptors (Lipinski definition) is 4. The molecule has 0 spiro atoms. The van der Waals surface area contributed by atoms with Crippen molar-refractivity contribution in [2.24, 2.45) is 11.8 Å². The molecule has 39 heavy (non-hydrogen) atoms. The fourth-order valence-corrected chi connectivity index (χ4v) is 5.64. The van der Waals surface area contributed by atoms with Crippen LogP contribution in [-0.4, -0.2) is 30.1 Å². The summed E-state index contributed by atoms with van der Waals surface area (Å²) >= 11 is 0. The highest BCUT2D eigenvalue weighted by Crippen LogP contribution is 2.44. The first-order chi connectivity index (χ1) is 18.7. The first kappa shape index (κ1) is 28.6. The Morgan fingerprint density at radius 1 is 0.846 bits per heavy atom. The summed E-state index contributed by atoms with van der Waals surface area (Å²) in [6.45, 7) is 8.71. The van der Waals surface area contributed by atoms with Crippen LogP contribution in [0.1, 0.15) is 68.4 Å². The van der Waals surface area contributed by atoms with Crippen LogP contribution in [0.2, 0.25) is 0 Å². The zero-order chi connectivity index (χ0) is 27.9. The molecule has 5 heteroatoms. The molecule has 1 aliphatic carbocycles. The van der Waals surface area contributed by atoms with Gasteiger partial charge in [-0.15, -0.1) is 0 Å². The molecule has 5 nitrogen and oxygen atoms in total. The normalized spacial score (nSPS) is 21.0. The van der Waals surface area contributed by atoms with Crippen molar-refractivity contribution in [1.29, 1.82) is 0 Å². The highest BCUT2D eigenvalue weighted by molar-refractivity contribution is 5.98. The van der Waals surface area contributed by atoms with E-state index in [9.17, 15) is 9.59 Å². The van der Waals surface area contributed by atoms with Crippen LogP contribution in [0.3, 0.4) is 0 Å². The highest BCUT2D eigenvalue weighted by Gasteiger charge is 2.45. The van der Waals surface area contributed by atoms with E-state index in [0.717, 1.165) is 24.8 Å². The van der Waals surface area contributed by atoms with Gasteiger partial charge in [0.2, 0.25) is 0 Å². The van der Waals surface area contributed by atoms with Crippen LogP contribution >= 0.6 is 0 Å². The molecule has 4 atom stereocenters. The lowest BCUT2D eigenvalue weighted by atomic mass is 9.64. The average molecular weight is 528 g/mol. The summed E-state index contributed by atoms with van der Waals surface area (Å²) in [4.78, 5) is 27.1. The molecule has 0 bridgehead atoms. The number of amides is 1. The fraction of sp³-hybridized carbons (Fsp3) is 0.412. The Morgan fingerprint density at radius 3 is 2.08 bits per heavy atom. The number of esters is 1. The van der Waals surface area contributed by atoms with Gasteiger partial charge in [-0.1, -0.05) is 106 Å². The molecule has 3 aromatic carbocycles. The standard InChI is InChI=1S/C34H41NO4/c1-25-20-21-29(33(2,3)28-18-12-7-13-19-28)30(22-25)39-32(37)34(4,24-38-23-26-14-8-5-9-15-26)35-31(36)27-16-10-6-11-17-27/h5-19,25,29-30H,20-24H2,1-4H3,(H,35,36)/t25-,29-,30-,34+/m1/s1. The topological polar surface area (TPSA) is 64.6 Å². The van der Waals surface area contributed by atoms with Crippen molar-refractivity contribution in [2.75, 3.05) is 6.61 Å². The minimum Gasteiger partial charge on any atom is -0.460 e. The van der Waals surface area contributed by atoms with E-state index in [-0.39, 0.29) is 30.0 Å². The van der Waals surface area contributed by atoms with Gasteiger partial charge in [-0.25, -0.2) is 4.79 Å². The monoisotopic (exact) mass is 527 g/mol. The Kier molecular flexibility index (Phi) is 9.24. The minimum atomic E-state index is -1.36. The summed E-state index contributed by atoms with van der Waals surface area (Å²) in [7, 11) is 0. The van der Waals surface area contributed by atoms with Crippen LogP contribution < -0.4 is 5.32 Å². The Morgan fingerprint density at radius 2 is 1.44 bits per heavy atom. The lowest BCUT2D eigenvalue weighted by Gasteiger charge is -2.44. The second-order valence-electron chi connectivity index (χ2n) is 11.7. The van der Waals surface area contributed by atoms with Crippen molar-refractivity contribution in [3.05, 3.63) is 108 Å². The van der Waals surface area contributed by atoms with Gasteiger partial charge in [-0.05, 0) is 54.4 Å². The molecule has 3 aromatic rings. The lowest BCUT2D eigenvalue weighted by molar-refractivity contribution is -0.166. The maximum atomic E-state index is 13.9. The second-order valence-corrected chi connectivity index (χ2v) is 11.7. The van der Waals surface area contributed by atoms with Gasteiger partial charge in [-0.2, -0.15) is 0 Å². The van der Waals surface area contributed by atoms with Gasteiger partial charge in [0.15, 0.2) is 5.54 Å². The summed E-state index contributed by atoms with van der Waals surface area (Å²) in [5.41, 5.74) is 1.17. The van der Waals surface area contributed by atoms with Gasteiger partial charge in [-0.3, -0.25) is 4.79 Å². The third-order valence-corrected chi connectivity index (χ3v) is 8.14. The SMILES string of the molecule is C[C@@H]1CC[C@@H](C(C)(C)c2ccccc2)[C@H](OC(=O)[C@](C)(COCc2ccccc2)NC(=O)c2ccccc2)C1. The first-order valence-electron chi connectivity index (χ1n) is 13.9. The average Bonchev–Trinajstić information content (AvgIpc) is 2.94. The van der Waals surface area contributed by atoms with E-state index in [2.05, 4.69) is 50.4 Å². The quantitative estimate of drug-likeness (QED) is 0.297. The zero-order valence-electron chi connectivity index (χ0n) is 23.6. The Bertz CT molecular complexity index is 1210. The molecule has 0 saturated heterocycles. The van der Waals surface area contributed by atoms with Gasteiger partial charge >= 0.3 is 5.97 Å². The van der Waals surface area contributed by atoms with Crippen LogP contribution in [0.5, 0.6) is 0 Å². The Balaban J connectivity index is 1.55. The van der Waals surface area contributed by atoms with Gasteiger partial charge in [0.1, 0.15) is 6.10 Å². The van der Waals surface area contributed by atoms with Gasteiger partial charge in [0.05, 0.1) is 13.2 Å². The predicted octanol–water partition coefficient (Wildman–Crippen LogP) is 6.72. The minimum absolute atomic E-state index is 0.00564. The summed E-state index contributed by atoms with van der Waals surface area (Å²) < 4.78 is 12.4. The zero-order valence-corrected chi connectivity index (χ0v) is 23.6. The van der Waals surface area contributed by atoms with E-state index in [1.807, 2.05) is 42.5 Å². The fourth-order valence-electron chi connectivity index (χ4n) is 5.64. The molecule has 0 heterocycles. The third kappa shape index (κ3) is 7.15. The molecule has 1 fully saturated rings. The number of hydrogen-bond donors (Lipinski definition) is 1. The molecule has 0 unspecified atom stereocenters. The molecule has 0 radical (unpaired) electrons. The number of nitrogens with one attached hydrogen (secondary N) is 1. The van der Waals surface area contributed by atoms with Gasteiger partial charge < -0.3 is 14.8 Å². The molecule has 206 valence electrons. The van der Waals surface area contributed by atoms with E-state index in [1.54, 1.807) is 31.2 Å². The number of rotatable bonds is 10. The van der Waals surface area contributed by atoms with Crippen LogP contribution in [-0.2, 0) is 26.3 Å². The molecule has 0 aliphatic heterocycles. The smallest absolute Gasteiger partial charge is 0.334 e. The second kappa shape index (κ2) is 12.6. The maximum absolute atomic E-state index is 13.9. The molecular weight excluding hydrogens is 486 g/mol. The van der Waals surface area contributed by atoms with Crippen LogP contribution in [0.15, 0.2) is 91.0 Å². The molecule has 1 saturated carbocycles.